The van der Waals surface area contributed by atoms with Crippen LogP contribution < -0.4 is 0 Å². The maximum atomic E-state index is 11.1. The molecule has 2 aliphatic rings. The Morgan fingerprint density at radius 2 is 1.73 bits per heavy atom. The molecule has 0 amide bonds. The van der Waals surface area contributed by atoms with Gasteiger partial charge in [0.15, 0.2) is 20.4 Å². The Morgan fingerprint density at radius 3 is 2.33 bits per heavy atom. The highest BCUT2D eigenvalue weighted by Crippen LogP contribution is 2.46. The lowest BCUT2D eigenvalue weighted by molar-refractivity contribution is -0.250. The zero-order valence-electron chi connectivity index (χ0n) is 19.6. The molecule has 1 aromatic rings. The van der Waals surface area contributed by atoms with Crippen LogP contribution in [0.5, 0.6) is 0 Å². The third kappa shape index (κ3) is 4.82. The highest BCUT2D eigenvalue weighted by atomic mass is 28.4. The molecular formula is C23H38O6Si. The molecule has 0 saturated carbocycles. The minimum absolute atomic E-state index is 0.0587. The summed E-state index contributed by atoms with van der Waals surface area (Å²) in [5.41, 5.74) is 0.163. The lowest BCUT2D eigenvalue weighted by atomic mass is 9.91. The molecule has 1 N–H and O–H groups in total. The first-order valence-corrected chi connectivity index (χ1v) is 13.7. The zero-order chi connectivity index (χ0) is 22.4. The third-order valence-corrected chi connectivity index (χ3v) is 11.1. The predicted molar refractivity (Wildman–Crippen MR) is 117 cm³/mol. The first-order chi connectivity index (χ1) is 13.8. The molecule has 0 aliphatic carbocycles. The number of benzene rings is 1. The Kier molecular flexibility index (Phi) is 6.58. The molecule has 0 aromatic heterocycles. The van der Waals surface area contributed by atoms with Gasteiger partial charge in [0.2, 0.25) is 0 Å². The normalized spacial score (nSPS) is 32.2. The van der Waals surface area contributed by atoms with Crippen molar-refractivity contribution in [3.05, 3.63) is 35.9 Å². The second kappa shape index (κ2) is 8.28. The zero-order valence-corrected chi connectivity index (χ0v) is 20.6. The van der Waals surface area contributed by atoms with Crippen molar-refractivity contribution in [1.29, 1.82) is 0 Å². The van der Waals surface area contributed by atoms with Crippen LogP contribution in [0.2, 0.25) is 18.1 Å². The van der Waals surface area contributed by atoms with E-state index in [2.05, 4.69) is 33.9 Å². The van der Waals surface area contributed by atoms with Crippen molar-refractivity contribution in [2.45, 2.75) is 102 Å². The first-order valence-electron chi connectivity index (χ1n) is 10.8. The van der Waals surface area contributed by atoms with Crippen molar-refractivity contribution in [2.75, 3.05) is 6.61 Å². The van der Waals surface area contributed by atoms with E-state index in [4.69, 9.17) is 23.4 Å². The van der Waals surface area contributed by atoms with Crippen LogP contribution in [0, 0.1) is 0 Å². The molecule has 2 fully saturated rings. The van der Waals surface area contributed by atoms with Crippen LogP contribution in [-0.2, 0) is 30.0 Å². The van der Waals surface area contributed by atoms with Crippen LogP contribution >= 0.6 is 0 Å². The van der Waals surface area contributed by atoms with E-state index in [0.717, 1.165) is 5.56 Å². The van der Waals surface area contributed by atoms with E-state index >= 15 is 0 Å². The summed E-state index contributed by atoms with van der Waals surface area (Å²) in [5.74, 6) is -0.764. The summed E-state index contributed by atoms with van der Waals surface area (Å²) in [6.07, 6.45) is -2.52. The Morgan fingerprint density at radius 1 is 1.10 bits per heavy atom. The number of fused-ring (bicyclic) bond motifs is 1. The summed E-state index contributed by atoms with van der Waals surface area (Å²) in [6.45, 7) is 17.1. The number of ether oxygens (including phenoxy) is 4. The van der Waals surface area contributed by atoms with Crippen LogP contribution in [0.25, 0.3) is 0 Å². The van der Waals surface area contributed by atoms with Crippen molar-refractivity contribution in [1.82, 2.24) is 0 Å². The van der Waals surface area contributed by atoms with Crippen LogP contribution in [-0.4, -0.2) is 56.0 Å². The molecule has 2 heterocycles. The van der Waals surface area contributed by atoms with Gasteiger partial charge < -0.3 is 28.5 Å². The van der Waals surface area contributed by atoms with Crippen molar-refractivity contribution >= 4 is 8.32 Å². The summed E-state index contributed by atoms with van der Waals surface area (Å²) in [4.78, 5) is 0. The SMILES string of the molecule is CC1(C)O[C@H]2O[C@H]([C@H](O)CO[Si](C)(C)C(C)(C)C)[C@@](C)(OCc3ccccc3)[C@H]2O1. The second-order valence-corrected chi connectivity index (χ2v) is 15.4. The number of aliphatic hydroxyl groups excluding tert-OH is 1. The van der Waals surface area contributed by atoms with Gasteiger partial charge >= 0.3 is 0 Å². The van der Waals surface area contributed by atoms with Crippen LogP contribution in [0.15, 0.2) is 30.3 Å². The smallest absolute Gasteiger partial charge is 0.192 e. The van der Waals surface area contributed by atoms with Gasteiger partial charge in [-0.2, -0.15) is 0 Å². The van der Waals surface area contributed by atoms with E-state index in [9.17, 15) is 5.11 Å². The van der Waals surface area contributed by atoms with Gasteiger partial charge in [0.05, 0.1) is 13.2 Å². The van der Waals surface area contributed by atoms with Crippen LogP contribution in [0.4, 0.5) is 0 Å². The van der Waals surface area contributed by atoms with E-state index in [1.54, 1.807) is 0 Å². The summed E-state index contributed by atoms with van der Waals surface area (Å²) >= 11 is 0. The highest BCUT2D eigenvalue weighted by molar-refractivity contribution is 6.74. The maximum absolute atomic E-state index is 11.1. The predicted octanol–water partition coefficient (Wildman–Crippen LogP) is 4.22. The molecule has 0 radical (unpaired) electrons. The van der Waals surface area contributed by atoms with Gasteiger partial charge in [-0.1, -0.05) is 51.1 Å². The van der Waals surface area contributed by atoms with E-state index in [0.29, 0.717) is 6.61 Å². The standard InChI is InChI=1S/C23H38O6Si/c1-21(2,3)30(7,8)26-15-17(24)18-23(6,25-14-16-12-10-9-11-13-16)19-20(27-18)29-22(4,5)28-19/h9-13,17-20,24H,14-15H2,1-8H3/t17-,18-,19+,20-,23-/m1/s1. The maximum Gasteiger partial charge on any atom is 0.192 e. The molecule has 0 unspecified atom stereocenters. The van der Waals surface area contributed by atoms with Gasteiger partial charge in [-0.3, -0.25) is 0 Å². The van der Waals surface area contributed by atoms with Crippen molar-refractivity contribution < 1.29 is 28.5 Å². The Hall–Kier alpha value is -0.803. The molecule has 170 valence electrons. The van der Waals surface area contributed by atoms with E-state index < -0.39 is 44.3 Å². The number of rotatable bonds is 7. The fraction of sp³-hybridized carbons (Fsp3) is 0.739. The van der Waals surface area contributed by atoms with Crippen molar-refractivity contribution in [3.63, 3.8) is 0 Å². The summed E-state index contributed by atoms with van der Waals surface area (Å²) in [5, 5.41) is 11.1. The average Bonchev–Trinajstić information content (AvgIpc) is 3.09. The highest BCUT2D eigenvalue weighted by Gasteiger charge is 2.64. The van der Waals surface area contributed by atoms with Gasteiger partial charge in [0.25, 0.3) is 0 Å². The molecule has 7 heteroatoms. The third-order valence-electron chi connectivity index (χ3n) is 6.63. The van der Waals surface area contributed by atoms with Gasteiger partial charge in [-0.15, -0.1) is 0 Å². The summed E-state index contributed by atoms with van der Waals surface area (Å²) in [7, 11) is -2.01. The molecule has 3 rings (SSSR count). The Labute approximate surface area is 181 Å². The molecule has 2 saturated heterocycles. The Bertz CT molecular complexity index is 716. The van der Waals surface area contributed by atoms with E-state index in [1.165, 1.54) is 0 Å². The lowest BCUT2D eigenvalue weighted by Gasteiger charge is -2.40. The second-order valence-electron chi connectivity index (χ2n) is 10.6. The van der Waals surface area contributed by atoms with Gasteiger partial charge in [0.1, 0.15) is 23.9 Å². The van der Waals surface area contributed by atoms with E-state index in [-0.39, 0.29) is 11.6 Å². The molecule has 0 bridgehead atoms. The minimum Gasteiger partial charge on any atom is -0.414 e. The van der Waals surface area contributed by atoms with Crippen LogP contribution in [0.1, 0.15) is 47.1 Å². The molecular weight excluding hydrogens is 400 g/mol. The van der Waals surface area contributed by atoms with Crippen LogP contribution in [0.3, 0.4) is 0 Å². The molecule has 2 aliphatic heterocycles. The quantitative estimate of drug-likeness (QED) is 0.643. The monoisotopic (exact) mass is 438 g/mol. The number of hydrogen-bond acceptors (Lipinski definition) is 6. The molecule has 1 aromatic carbocycles. The minimum atomic E-state index is -2.01. The fourth-order valence-electron chi connectivity index (χ4n) is 3.71. The lowest BCUT2D eigenvalue weighted by Crippen LogP contribution is -2.55. The average molecular weight is 439 g/mol. The van der Waals surface area contributed by atoms with Gasteiger partial charge in [-0.05, 0) is 44.5 Å². The number of hydrogen-bond donors (Lipinski definition) is 1. The van der Waals surface area contributed by atoms with Gasteiger partial charge in [0, 0.05) is 0 Å². The Balaban J connectivity index is 1.76. The summed E-state index contributed by atoms with van der Waals surface area (Å²) < 4.78 is 30.9. The van der Waals surface area contributed by atoms with Crippen molar-refractivity contribution in [3.8, 4) is 0 Å². The molecule has 0 spiro atoms. The number of aliphatic hydroxyl groups is 1. The largest absolute Gasteiger partial charge is 0.414 e. The van der Waals surface area contributed by atoms with Crippen molar-refractivity contribution in [2.24, 2.45) is 0 Å². The van der Waals surface area contributed by atoms with Gasteiger partial charge in [-0.25, -0.2) is 0 Å². The topological polar surface area (TPSA) is 66.4 Å². The molecule has 6 nitrogen and oxygen atoms in total. The fourth-order valence-corrected chi connectivity index (χ4v) is 4.73. The summed E-state index contributed by atoms with van der Waals surface area (Å²) in [6, 6.07) is 9.96. The molecule has 5 atom stereocenters. The van der Waals surface area contributed by atoms with E-state index in [1.807, 2.05) is 51.1 Å². The molecule has 30 heavy (non-hydrogen) atoms. The first kappa shape index (κ1) is 23.9.